The van der Waals surface area contributed by atoms with Crippen LogP contribution in [0, 0.1) is 6.92 Å². The zero-order valence-corrected chi connectivity index (χ0v) is 17.2. The van der Waals surface area contributed by atoms with Crippen molar-refractivity contribution >= 4 is 33.3 Å². The summed E-state index contributed by atoms with van der Waals surface area (Å²) in [7, 11) is 0. The van der Waals surface area contributed by atoms with Gasteiger partial charge in [-0.2, -0.15) is 5.10 Å². The zero-order chi connectivity index (χ0) is 20.9. The fraction of sp³-hybridized carbons (Fsp3) is 0.0435. The first kappa shape index (κ1) is 17.8. The molecule has 31 heavy (non-hydrogen) atoms. The minimum absolute atomic E-state index is 0.102. The number of rotatable bonds is 3. The van der Waals surface area contributed by atoms with Crippen LogP contribution in [-0.4, -0.2) is 35.2 Å². The summed E-state index contributed by atoms with van der Waals surface area (Å²) in [5, 5.41) is 19.3. The Kier molecular flexibility index (Phi) is 3.87. The summed E-state index contributed by atoms with van der Waals surface area (Å²) in [4.78, 5) is 19.0. The topological polar surface area (TPSA) is 103 Å². The van der Waals surface area contributed by atoms with Gasteiger partial charge in [-0.1, -0.05) is 0 Å². The van der Waals surface area contributed by atoms with Crippen molar-refractivity contribution < 1.29 is 5.11 Å². The van der Waals surface area contributed by atoms with Crippen LogP contribution >= 0.6 is 11.3 Å². The average Bonchev–Trinajstić information content (AvgIpc) is 3.50. The van der Waals surface area contributed by atoms with E-state index in [0.29, 0.717) is 5.69 Å². The summed E-state index contributed by atoms with van der Waals surface area (Å²) in [5.74, 6) is 0.102. The molecule has 0 aliphatic heterocycles. The van der Waals surface area contributed by atoms with Gasteiger partial charge in [-0.3, -0.25) is 15.1 Å². The lowest BCUT2D eigenvalue weighted by Gasteiger charge is -2.01. The number of thiophene rings is 1. The molecule has 0 aliphatic rings. The van der Waals surface area contributed by atoms with Crippen molar-refractivity contribution in [3.05, 3.63) is 66.1 Å². The number of aromatic hydroxyl groups is 1. The number of fused-ring (bicyclic) bond motifs is 2. The molecule has 0 unspecified atom stereocenters. The first-order valence-corrected chi connectivity index (χ1v) is 10.5. The lowest BCUT2D eigenvalue weighted by atomic mass is 10.1. The highest BCUT2D eigenvalue weighted by Crippen LogP contribution is 2.36. The van der Waals surface area contributed by atoms with Crippen LogP contribution in [0.15, 0.2) is 61.2 Å². The number of aromatic amines is 2. The van der Waals surface area contributed by atoms with Gasteiger partial charge in [0.2, 0.25) is 0 Å². The van der Waals surface area contributed by atoms with E-state index < -0.39 is 0 Å². The van der Waals surface area contributed by atoms with E-state index in [1.165, 1.54) is 16.0 Å². The van der Waals surface area contributed by atoms with Crippen LogP contribution in [0.5, 0.6) is 5.75 Å². The van der Waals surface area contributed by atoms with Crippen molar-refractivity contribution in [2.75, 3.05) is 0 Å². The first-order chi connectivity index (χ1) is 15.2. The summed E-state index contributed by atoms with van der Waals surface area (Å²) < 4.78 is 0. The molecule has 6 aromatic heterocycles. The standard InChI is InChI=1S/C23H16N6OS/c1-12-2-3-21(31-12)15-4-5-25-23-16(15)7-19(27-23)22-17-8-18(26-11-20(17)28-29-22)13-6-14(30)10-24-9-13/h2-11,30H,1H3,(H,25,27)(H,28,29). The first-order valence-electron chi connectivity index (χ1n) is 9.69. The average molecular weight is 424 g/mol. The number of nitrogens with one attached hydrogen (secondary N) is 2. The number of pyridine rings is 3. The lowest BCUT2D eigenvalue weighted by Crippen LogP contribution is -1.85. The van der Waals surface area contributed by atoms with Gasteiger partial charge in [0.25, 0.3) is 0 Å². The molecule has 6 rings (SSSR count). The van der Waals surface area contributed by atoms with Gasteiger partial charge in [0.1, 0.15) is 17.1 Å². The van der Waals surface area contributed by atoms with Gasteiger partial charge in [0.15, 0.2) is 0 Å². The fourth-order valence-corrected chi connectivity index (χ4v) is 4.70. The Labute approximate surface area is 180 Å². The molecular formula is C23H16N6OS. The predicted octanol–water partition coefficient (Wildman–Crippen LogP) is 5.31. The molecule has 0 fully saturated rings. The Morgan fingerprint density at radius 1 is 0.968 bits per heavy atom. The summed E-state index contributed by atoms with van der Waals surface area (Å²) in [5.41, 5.74) is 5.91. The van der Waals surface area contributed by atoms with Crippen LogP contribution in [0.1, 0.15) is 4.88 Å². The number of aryl methyl sites for hydroxylation is 1. The van der Waals surface area contributed by atoms with E-state index in [0.717, 1.165) is 44.5 Å². The van der Waals surface area contributed by atoms with E-state index in [2.05, 4.69) is 55.3 Å². The molecule has 0 saturated heterocycles. The molecule has 0 atom stereocenters. The maximum absolute atomic E-state index is 9.76. The number of hydrogen-bond acceptors (Lipinski definition) is 6. The van der Waals surface area contributed by atoms with Crippen LogP contribution in [-0.2, 0) is 0 Å². The Morgan fingerprint density at radius 2 is 1.90 bits per heavy atom. The molecule has 3 N–H and O–H groups in total. The van der Waals surface area contributed by atoms with Gasteiger partial charge in [-0.15, -0.1) is 11.3 Å². The molecule has 0 bridgehead atoms. The maximum atomic E-state index is 9.76. The van der Waals surface area contributed by atoms with Gasteiger partial charge in [-0.05, 0) is 43.3 Å². The molecule has 6 heterocycles. The van der Waals surface area contributed by atoms with Crippen LogP contribution < -0.4 is 0 Å². The second kappa shape index (κ2) is 6.75. The highest BCUT2D eigenvalue weighted by Gasteiger charge is 2.16. The van der Waals surface area contributed by atoms with Crippen molar-refractivity contribution in [1.82, 2.24) is 30.1 Å². The smallest absolute Gasteiger partial charge is 0.138 e. The Bertz CT molecular complexity index is 1580. The molecule has 8 heteroatoms. The molecule has 0 spiro atoms. The Balaban J connectivity index is 1.51. The van der Waals surface area contributed by atoms with Crippen LogP contribution in [0.2, 0.25) is 0 Å². The molecule has 0 aromatic carbocycles. The highest BCUT2D eigenvalue weighted by molar-refractivity contribution is 7.15. The van der Waals surface area contributed by atoms with E-state index in [1.807, 2.05) is 18.3 Å². The number of hydrogen-bond donors (Lipinski definition) is 3. The Morgan fingerprint density at radius 3 is 2.74 bits per heavy atom. The third-order valence-corrected chi connectivity index (χ3v) is 6.29. The quantitative estimate of drug-likeness (QED) is 0.357. The third-order valence-electron chi connectivity index (χ3n) is 5.26. The molecule has 150 valence electrons. The molecule has 0 radical (unpaired) electrons. The highest BCUT2D eigenvalue weighted by atomic mass is 32.1. The molecule has 0 aliphatic carbocycles. The van der Waals surface area contributed by atoms with Crippen molar-refractivity contribution in [3.8, 4) is 38.8 Å². The minimum atomic E-state index is 0.102. The second-order valence-electron chi connectivity index (χ2n) is 7.33. The summed E-state index contributed by atoms with van der Waals surface area (Å²) in [6.07, 6.45) is 6.64. The van der Waals surface area contributed by atoms with Crippen molar-refractivity contribution in [3.63, 3.8) is 0 Å². The SMILES string of the molecule is Cc1ccc(-c2ccnc3[nH]c(-c4n[nH]c5cnc(-c6cncc(O)c6)cc45)cc23)s1. The van der Waals surface area contributed by atoms with E-state index in [1.54, 1.807) is 29.8 Å². The van der Waals surface area contributed by atoms with E-state index in [9.17, 15) is 5.11 Å². The van der Waals surface area contributed by atoms with Crippen LogP contribution in [0.4, 0.5) is 0 Å². The number of H-pyrrole nitrogens is 2. The predicted molar refractivity (Wildman–Crippen MR) is 122 cm³/mol. The molecule has 0 saturated carbocycles. The van der Waals surface area contributed by atoms with Gasteiger partial charge >= 0.3 is 0 Å². The summed E-state index contributed by atoms with van der Waals surface area (Å²) >= 11 is 1.77. The summed E-state index contributed by atoms with van der Waals surface area (Å²) in [6, 6.07) is 12.0. The molecule has 6 aromatic rings. The largest absolute Gasteiger partial charge is 0.506 e. The van der Waals surface area contributed by atoms with E-state index >= 15 is 0 Å². The van der Waals surface area contributed by atoms with Crippen molar-refractivity contribution in [2.24, 2.45) is 0 Å². The monoisotopic (exact) mass is 424 g/mol. The number of aromatic nitrogens is 6. The summed E-state index contributed by atoms with van der Waals surface area (Å²) in [6.45, 7) is 2.11. The van der Waals surface area contributed by atoms with Gasteiger partial charge < -0.3 is 10.1 Å². The van der Waals surface area contributed by atoms with Gasteiger partial charge in [0.05, 0.1) is 29.3 Å². The number of nitrogens with zero attached hydrogens (tertiary/aromatic N) is 4. The van der Waals surface area contributed by atoms with E-state index in [4.69, 9.17) is 0 Å². The molecule has 0 amide bonds. The fourth-order valence-electron chi connectivity index (χ4n) is 3.80. The maximum Gasteiger partial charge on any atom is 0.138 e. The third kappa shape index (κ3) is 2.96. The zero-order valence-electron chi connectivity index (χ0n) is 16.4. The molecular weight excluding hydrogens is 408 g/mol. The second-order valence-corrected chi connectivity index (χ2v) is 8.62. The minimum Gasteiger partial charge on any atom is -0.506 e. The van der Waals surface area contributed by atoms with Gasteiger partial charge in [-0.25, -0.2) is 4.98 Å². The molecule has 7 nitrogen and oxygen atoms in total. The Hall–Kier alpha value is -4.04. The van der Waals surface area contributed by atoms with Crippen LogP contribution in [0.3, 0.4) is 0 Å². The van der Waals surface area contributed by atoms with Crippen LogP contribution in [0.25, 0.3) is 55.0 Å². The van der Waals surface area contributed by atoms with E-state index in [-0.39, 0.29) is 5.75 Å². The van der Waals surface area contributed by atoms with Crippen molar-refractivity contribution in [1.29, 1.82) is 0 Å². The normalized spacial score (nSPS) is 11.5. The van der Waals surface area contributed by atoms with Gasteiger partial charge in [0, 0.05) is 44.0 Å². The lowest BCUT2D eigenvalue weighted by molar-refractivity contribution is 0.473. The van der Waals surface area contributed by atoms with Crippen molar-refractivity contribution in [2.45, 2.75) is 6.92 Å².